The number of hydrogen-bond donors (Lipinski definition) is 0. The van der Waals surface area contributed by atoms with Crippen LogP contribution < -0.4 is 0 Å². The van der Waals surface area contributed by atoms with Crippen molar-refractivity contribution in [1.29, 1.82) is 0 Å². The fourth-order valence-corrected chi connectivity index (χ4v) is 1.97. The topological polar surface area (TPSA) is 55.8 Å². The van der Waals surface area contributed by atoms with Crippen molar-refractivity contribution in [3.05, 3.63) is 0 Å². The fourth-order valence-electron chi connectivity index (χ4n) is 1.97. The number of alkyl halides is 3. The number of amides is 1. The summed E-state index contributed by atoms with van der Waals surface area (Å²) in [7, 11) is 0. The lowest BCUT2D eigenvalue weighted by molar-refractivity contribution is -0.325. The average molecular weight is 311 g/mol. The number of hydrogen-bond acceptors (Lipinski definition) is 4. The third-order valence-electron chi connectivity index (χ3n) is 2.91. The van der Waals surface area contributed by atoms with Gasteiger partial charge in [0.05, 0.1) is 6.61 Å². The predicted molar refractivity (Wildman–Crippen MR) is 67.5 cm³/mol. The molecule has 0 radical (unpaired) electrons. The molecule has 1 aliphatic rings. The molecule has 21 heavy (non-hydrogen) atoms. The number of nitrogens with zero attached hydrogens (tertiary/aromatic N) is 1. The summed E-state index contributed by atoms with van der Waals surface area (Å²) in [6, 6.07) is 0. The van der Waals surface area contributed by atoms with Gasteiger partial charge in [-0.1, -0.05) is 0 Å². The molecule has 0 saturated carbocycles. The zero-order chi connectivity index (χ0) is 16.3. The van der Waals surface area contributed by atoms with Crippen molar-refractivity contribution in [2.75, 3.05) is 19.7 Å². The summed E-state index contributed by atoms with van der Waals surface area (Å²) >= 11 is 0. The van der Waals surface area contributed by atoms with Gasteiger partial charge >= 0.3 is 12.5 Å². The average Bonchev–Trinajstić information content (AvgIpc) is 2.27. The normalized spacial score (nSPS) is 20.6. The number of rotatable bonds is 3. The number of piperidine rings is 1. The van der Waals surface area contributed by atoms with E-state index in [4.69, 9.17) is 4.74 Å². The fraction of sp³-hybridized carbons (Fsp3) is 0.846. The van der Waals surface area contributed by atoms with Crippen molar-refractivity contribution in [3.63, 3.8) is 0 Å². The van der Waals surface area contributed by atoms with Crippen LogP contribution in [0.5, 0.6) is 0 Å². The maximum absolute atomic E-state index is 11.9. The van der Waals surface area contributed by atoms with Crippen LogP contribution in [0.2, 0.25) is 0 Å². The Morgan fingerprint density at radius 1 is 1.33 bits per heavy atom. The molecule has 1 aliphatic heterocycles. The van der Waals surface area contributed by atoms with E-state index in [0.717, 1.165) is 0 Å². The summed E-state index contributed by atoms with van der Waals surface area (Å²) in [5, 5.41) is 0. The summed E-state index contributed by atoms with van der Waals surface area (Å²) in [6.45, 7) is 4.85. The van der Waals surface area contributed by atoms with Crippen molar-refractivity contribution in [1.82, 2.24) is 4.90 Å². The van der Waals surface area contributed by atoms with E-state index in [-0.39, 0.29) is 31.7 Å². The maximum Gasteiger partial charge on any atom is 0.522 e. The smallest absolute Gasteiger partial charge is 0.444 e. The highest BCUT2D eigenvalue weighted by Crippen LogP contribution is 2.22. The van der Waals surface area contributed by atoms with E-state index in [1.54, 1.807) is 20.8 Å². The number of Topliss-reactive ketones (excluding diaryl/α,β-unsaturated/α-hetero) is 1. The van der Waals surface area contributed by atoms with E-state index in [1.807, 2.05) is 0 Å². The molecule has 0 aliphatic carbocycles. The zero-order valence-corrected chi connectivity index (χ0v) is 12.3. The molecule has 1 saturated heterocycles. The van der Waals surface area contributed by atoms with Gasteiger partial charge in [0.15, 0.2) is 0 Å². The molecular weight excluding hydrogens is 291 g/mol. The van der Waals surface area contributed by atoms with Crippen LogP contribution in [0.1, 0.15) is 33.6 Å². The Bertz CT molecular complexity index is 390. The number of likely N-dealkylation sites (tertiary alicyclic amines) is 1. The summed E-state index contributed by atoms with van der Waals surface area (Å²) in [4.78, 5) is 24.9. The van der Waals surface area contributed by atoms with Crippen LogP contribution in [0.4, 0.5) is 18.0 Å². The highest BCUT2D eigenvalue weighted by molar-refractivity contribution is 5.84. The van der Waals surface area contributed by atoms with E-state index >= 15 is 0 Å². The van der Waals surface area contributed by atoms with Gasteiger partial charge in [0.1, 0.15) is 11.4 Å². The highest BCUT2D eigenvalue weighted by Gasteiger charge is 2.34. The van der Waals surface area contributed by atoms with Gasteiger partial charge in [-0.05, 0) is 27.2 Å². The largest absolute Gasteiger partial charge is 0.522 e. The molecule has 0 aromatic rings. The monoisotopic (exact) mass is 311 g/mol. The van der Waals surface area contributed by atoms with Gasteiger partial charge in [-0.25, -0.2) is 4.79 Å². The van der Waals surface area contributed by atoms with Crippen LogP contribution in [0.15, 0.2) is 0 Å². The van der Waals surface area contributed by atoms with Crippen molar-refractivity contribution >= 4 is 11.9 Å². The van der Waals surface area contributed by atoms with Gasteiger partial charge in [0.25, 0.3) is 0 Å². The van der Waals surface area contributed by atoms with E-state index in [9.17, 15) is 22.8 Å². The van der Waals surface area contributed by atoms with Gasteiger partial charge in [0, 0.05) is 25.4 Å². The summed E-state index contributed by atoms with van der Waals surface area (Å²) in [6.07, 6.45) is -5.22. The standard InChI is InChI=1S/C13H20F3NO4/c1-12(2,3)21-11(19)17-6-4-10(18)9(8-17)5-7-20-13(14,15)16/h9H,4-8H2,1-3H3. The molecule has 0 N–H and O–H groups in total. The Morgan fingerprint density at radius 3 is 2.48 bits per heavy atom. The van der Waals surface area contributed by atoms with E-state index in [2.05, 4.69) is 4.74 Å². The molecule has 1 amide bonds. The van der Waals surface area contributed by atoms with Crippen molar-refractivity contribution in [2.24, 2.45) is 5.92 Å². The molecule has 0 bridgehead atoms. The lowest BCUT2D eigenvalue weighted by Crippen LogP contribution is -2.46. The lowest BCUT2D eigenvalue weighted by Gasteiger charge is -2.33. The van der Waals surface area contributed by atoms with Crippen LogP contribution in [-0.4, -0.2) is 48.4 Å². The summed E-state index contributed by atoms with van der Waals surface area (Å²) in [5.41, 5.74) is -0.659. The van der Waals surface area contributed by atoms with Gasteiger partial charge in [0.2, 0.25) is 0 Å². The minimum atomic E-state index is -4.71. The Morgan fingerprint density at radius 2 is 1.95 bits per heavy atom. The minimum Gasteiger partial charge on any atom is -0.444 e. The number of halogens is 3. The second kappa shape index (κ2) is 6.64. The quantitative estimate of drug-likeness (QED) is 0.804. The van der Waals surface area contributed by atoms with Gasteiger partial charge in [-0.3, -0.25) is 9.53 Å². The first-order valence-electron chi connectivity index (χ1n) is 6.69. The van der Waals surface area contributed by atoms with E-state index < -0.39 is 30.6 Å². The van der Waals surface area contributed by atoms with Crippen molar-refractivity contribution < 1.29 is 32.2 Å². The Labute approximate surface area is 121 Å². The van der Waals surface area contributed by atoms with Crippen LogP contribution in [0.3, 0.4) is 0 Å². The molecule has 0 spiro atoms. The number of carbonyl (C=O) groups is 2. The Balaban J connectivity index is 2.50. The Hall–Kier alpha value is -1.31. The van der Waals surface area contributed by atoms with Crippen molar-refractivity contribution in [3.8, 4) is 0 Å². The second-order valence-corrected chi connectivity index (χ2v) is 5.92. The number of ketones is 1. The first-order chi connectivity index (χ1) is 9.48. The van der Waals surface area contributed by atoms with Gasteiger partial charge in [-0.2, -0.15) is 0 Å². The molecule has 5 nitrogen and oxygen atoms in total. The van der Waals surface area contributed by atoms with E-state index in [1.165, 1.54) is 4.90 Å². The second-order valence-electron chi connectivity index (χ2n) is 5.92. The SMILES string of the molecule is CC(C)(C)OC(=O)N1CCC(=O)C(CCOC(F)(F)F)C1. The first kappa shape index (κ1) is 17.7. The summed E-state index contributed by atoms with van der Waals surface area (Å²) in [5.74, 6) is -0.797. The molecule has 0 aromatic heterocycles. The minimum absolute atomic E-state index is 0.0644. The highest BCUT2D eigenvalue weighted by atomic mass is 19.4. The molecule has 1 rings (SSSR count). The lowest BCUT2D eigenvalue weighted by atomic mass is 9.94. The van der Waals surface area contributed by atoms with Crippen LogP contribution in [-0.2, 0) is 14.3 Å². The third-order valence-corrected chi connectivity index (χ3v) is 2.91. The summed E-state index contributed by atoms with van der Waals surface area (Å²) < 4.78 is 44.6. The molecule has 1 unspecified atom stereocenters. The molecule has 0 aromatic carbocycles. The number of carbonyl (C=O) groups excluding carboxylic acids is 2. The van der Waals surface area contributed by atoms with Crippen LogP contribution in [0, 0.1) is 5.92 Å². The molecule has 1 heterocycles. The Kier molecular flexibility index (Phi) is 5.61. The van der Waals surface area contributed by atoms with E-state index in [0.29, 0.717) is 0 Å². The molecular formula is C13H20F3NO4. The molecule has 1 atom stereocenters. The molecule has 1 fully saturated rings. The van der Waals surface area contributed by atoms with Gasteiger partial charge < -0.3 is 9.64 Å². The van der Waals surface area contributed by atoms with Crippen LogP contribution >= 0.6 is 0 Å². The molecule has 8 heteroatoms. The predicted octanol–water partition coefficient (Wildman–Crippen LogP) is 2.74. The third kappa shape index (κ3) is 6.79. The van der Waals surface area contributed by atoms with Crippen LogP contribution in [0.25, 0.3) is 0 Å². The molecule has 122 valence electrons. The van der Waals surface area contributed by atoms with Gasteiger partial charge in [-0.15, -0.1) is 13.2 Å². The zero-order valence-electron chi connectivity index (χ0n) is 12.3. The maximum atomic E-state index is 11.9. The van der Waals surface area contributed by atoms with Crippen molar-refractivity contribution in [2.45, 2.75) is 45.6 Å². The first-order valence-corrected chi connectivity index (χ1v) is 6.69. The number of ether oxygens (including phenoxy) is 2.